The summed E-state index contributed by atoms with van der Waals surface area (Å²) in [6.07, 6.45) is 1.17. The number of anilines is 1. The molecule has 0 bridgehead atoms. The zero-order valence-electron chi connectivity index (χ0n) is 15.6. The molecule has 0 spiro atoms. The predicted octanol–water partition coefficient (Wildman–Crippen LogP) is 2.93. The van der Waals surface area contributed by atoms with E-state index < -0.39 is 0 Å². The van der Waals surface area contributed by atoms with Crippen LogP contribution in [0.15, 0.2) is 29.1 Å². The number of nitrogens with one attached hydrogen (secondary N) is 2. The molecule has 7 nitrogen and oxygen atoms in total. The molecular formula is C20H22N4O3. The first-order valence-corrected chi connectivity index (χ1v) is 9.10. The maximum Gasteiger partial charge on any atom is 0.252 e. The standard InChI is InChI=1S/C20H22N4O3/c1-4-7-24-11(2)18-14(10-17(25)22-19(18)23-24)15-9-12-8-13(27-3)5-6-16(12)21-20(15)26/h5-6,8-9,14H,4,7,10H2,1-3H3,(H,21,26)(H,22,23,25). The summed E-state index contributed by atoms with van der Waals surface area (Å²) in [5.74, 6) is 0.833. The molecule has 3 aromatic rings. The molecule has 2 aromatic heterocycles. The third-order valence-corrected chi connectivity index (χ3v) is 5.14. The van der Waals surface area contributed by atoms with Crippen molar-refractivity contribution in [3.63, 3.8) is 0 Å². The minimum atomic E-state index is -0.321. The van der Waals surface area contributed by atoms with Crippen molar-refractivity contribution in [1.82, 2.24) is 14.8 Å². The Morgan fingerprint density at radius 3 is 2.85 bits per heavy atom. The Hall–Kier alpha value is -3.09. The number of methoxy groups -OCH3 is 1. The Bertz CT molecular complexity index is 1100. The number of carbonyl (C=O) groups excluding carboxylic acids is 1. The Kier molecular flexibility index (Phi) is 4.22. The average Bonchev–Trinajstić information content (AvgIpc) is 2.96. The van der Waals surface area contributed by atoms with Gasteiger partial charge in [0.1, 0.15) is 5.75 Å². The smallest absolute Gasteiger partial charge is 0.252 e. The quantitative estimate of drug-likeness (QED) is 0.743. The van der Waals surface area contributed by atoms with Gasteiger partial charge in [0.2, 0.25) is 5.91 Å². The normalized spacial score (nSPS) is 16.3. The second-order valence-corrected chi connectivity index (χ2v) is 6.88. The SMILES string of the molecule is CCCn1nc2c(c1C)C(c1cc3cc(OC)ccc3[nH]c1=O)CC(=O)N2. The van der Waals surface area contributed by atoms with Crippen LogP contribution in [0, 0.1) is 6.92 Å². The second-order valence-electron chi connectivity index (χ2n) is 6.88. The van der Waals surface area contributed by atoms with Gasteiger partial charge in [0, 0.05) is 46.6 Å². The number of pyridine rings is 1. The van der Waals surface area contributed by atoms with Gasteiger partial charge in [0.05, 0.1) is 7.11 Å². The van der Waals surface area contributed by atoms with E-state index in [0.717, 1.165) is 40.9 Å². The molecule has 0 fully saturated rings. The fraction of sp³-hybridized carbons (Fsp3) is 0.350. The number of carbonyl (C=O) groups is 1. The molecule has 1 unspecified atom stereocenters. The monoisotopic (exact) mass is 366 g/mol. The number of amides is 1. The summed E-state index contributed by atoms with van der Waals surface area (Å²) in [6.45, 7) is 4.84. The van der Waals surface area contributed by atoms with Crippen molar-refractivity contribution < 1.29 is 9.53 Å². The number of H-pyrrole nitrogens is 1. The van der Waals surface area contributed by atoms with Gasteiger partial charge < -0.3 is 15.0 Å². The number of hydrogen-bond donors (Lipinski definition) is 2. The van der Waals surface area contributed by atoms with E-state index in [-0.39, 0.29) is 23.8 Å². The summed E-state index contributed by atoms with van der Waals surface area (Å²) in [7, 11) is 1.61. The highest BCUT2D eigenvalue weighted by Gasteiger charge is 2.33. The molecule has 0 radical (unpaired) electrons. The highest BCUT2D eigenvalue weighted by Crippen LogP contribution is 2.38. The van der Waals surface area contributed by atoms with Crippen LogP contribution in [0.1, 0.15) is 42.5 Å². The zero-order valence-corrected chi connectivity index (χ0v) is 15.6. The Labute approximate surface area is 156 Å². The van der Waals surface area contributed by atoms with Crippen molar-refractivity contribution in [3.05, 3.63) is 51.4 Å². The Morgan fingerprint density at radius 2 is 2.11 bits per heavy atom. The number of aromatic amines is 1. The number of rotatable bonds is 4. The summed E-state index contributed by atoms with van der Waals surface area (Å²) in [4.78, 5) is 28.0. The Balaban J connectivity index is 1.90. The lowest BCUT2D eigenvalue weighted by Crippen LogP contribution is -2.27. The van der Waals surface area contributed by atoms with Crippen molar-refractivity contribution in [1.29, 1.82) is 0 Å². The van der Waals surface area contributed by atoms with Crippen molar-refractivity contribution in [2.75, 3.05) is 12.4 Å². The van der Waals surface area contributed by atoms with Gasteiger partial charge in [-0.2, -0.15) is 5.10 Å². The molecule has 7 heteroatoms. The van der Waals surface area contributed by atoms with Crippen LogP contribution in [-0.2, 0) is 11.3 Å². The predicted molar refractivity (Wildman–Crippen MR) is 103 cm³/mol. The molecule has 2 N–H and O–H groups in total. The molecule has 0 saturated carbocycles. The minimum absolute atomic E-state index is 0.126. The zero-order chi connectivity index (χ0) is 19.1. The molecule has 1 aliphatic rings. The fourth-order valence-corrected chi connectivity index (χ4v) is 3.82. The molecule has 0 saturated heterocycles. The molecule has 1 aliphatic heterocycles. The lowest BCUT2D eigenvalue weighted by Gasteiger charge is -2.22. The maximum absolute atomic E-state index is 12.8. The van der Waals surface area contributed by atoms with Crippen LogP contribution in [0.3, 0.4) is 0 Å². The Morgan fingerprint density at radius 1 is 1.30 bits per heavy atom. The number of aromatic nitrogens is 3. The van der Waals surface area contributed by atoms with Crippen molar-refractivity contribution in [2.45, 2.75) is 39.2 Å². The van der Waals surface area contributed by atoms with Gasteiger partial charge in [0.15, 0.2) is 5.82 Å². The van der Waals surface area contributed by atoms with Gasteiger partial charge >= 0.3 is 0 Å². The van der Waals surface area contributed by atoms with Gasteiger partial charge in [-0.3, -0.25) is 14.3 Å². The van der Waals surface area contributed by atoms with Gasteiger partial charge in [-0.25, -0.2) is 0 Å². The molecule has 4 rings (SSSR count). The molecule has 140 valence electrons. The molecular weight excluding hydrogens is 344 g/mol. The third-order valence-electron chi connectivity index (χ3n) is 5.14. The number of hydrogen-bond acceptors (Lipinski definition) is 4. The second kappa shape index (κ2) is 6.57. The van der Waals surface area contributed by atoms with Crippen LogP contribution < -0.4 is 15.6 Å². The summed E-state index contributed by atoms with van der Waals surface area (Å²) in [5.41, 5.74) is 3.05. The molecule has 1 atom stereocenters. The van der Waals surface area contributed by atoms with Crippen LogP contribution in [0.4, 0.5) is 5.82 Å². The van der Waals surface area contributed by atoms with Crippen molar-refractivity contribution in [2.24, 2.45) is 0 Å². The third kappa shape index (κ3) is 2.89. The van der Waals surface area contributed by atoms with E-state index in [9.17, 15) is 9.59 Å². The summed E-state index contributed by atoms with van der Waals surface area (Å²) >= 11 is 0. The van der Waals surface area contributed by atoms with E-state index >= 15 is 0 Å². The van der Waals surface area contributed by atoms with Gasteiger partial charge in [-0.15, -0.1) is 0 Å². The average molecular weight is 366 g/mol. The van der Waals surface area contributed by atoms with E-state index in [0.29, 0.717) is 11.4 Å². The molecule has 3 heterocycles. The van der Waals surface area contributed by atoms with Crippen molar-refractivity contribution >= 4 is 22.6 Å². The van der Waals surface area contributed by atoms with Gasteiger partial charge in [-0.05, 0) is 37.6 Å². The van der Waals surface area contributed by atoms with E-state index in [2.05, 4.69) is 22.3 Å². The van der Waals surface area contributed by atoms with Gasteiger partial charge in [0.25, 0.3) is 5.56 Å². The molecule has 1 aromatic carbocycles. The topological polar surface area (TPSA) is 89.0 Å². The van der Waals surface area contributed by atoms with Crippen LogP contribution in [-0.4, -0.2) is 27.8 Å². The lowest BCUT2D eigenvalue weighted by molar-refractivity contribution is -0.116. The molecule has 1 amide bonds. The number of benzene rings is 1. The van der Waals surface area contributed by atoms with Crippen LogP contribution >= 0.6 is 0 Å². The van der Waals surface area contributed by atoms with Gasteiger partial charge in [-0.1, -0.05) is 6.92 Å². The lowest BCUT2D eigenvalue weighted by atomic mass is 9.86. The number of aryl methyl sites for hydroxylation is 1. The summed E-state index contributed by atoms with van der Waals surface area (Å²) < 4.78 is 7.20. The molecule has 0 aliphatic carbocycles. The number of fused-ring (bicyclic) bond motifs is 2. The summed E-state index contributed by atoms with van der Waals surface area (Å²) in [6, 6.07) is 7.37. The van der Waals surface area contributed by atoms with E-state index in [1.165, 1.54) is 0 Å². The number of ether oxygens (including phenoxy) is 1. The maximum atomic E-state index is 12.8. The first-order chi connectivity index (χ1) is 13.0. The number of nitrogens with zero attached hydrogens (tertiary/aromatic N) is 2. The van der Waals surface area contributed by atoms with Crippen LogP contribution in [0.5, 0.6) is 5.75 Å². The van der Waals surface area contributed by atoms with E-state index in [1.807, 2.05) is 35.9 Å². The molecule has 27 heavy (non-hydrogen) atoms. The first-order valence-electron chi connectivity index (χ1n) is 9.10. The van der Waals surface area contributed by atoms with E-state index in [4.69, 9.17) is 4.74 Å². The summed E-state index contributed by atoms with van der Waals surface area (Å²) in [5, 5.41) is 8.26. The van der Waals surface area contributed by atoms with Crippen molar-refractivity contribution in [3.8, 4) is 5.75 Å². The minimum Gasteiger partial charge on any atom is -0.497 e. The van der Waals surface area contributed by atoms with Crippen LogP contribution in [0.25, 0.3) is 10.9 Å². The first kappa shape index (κ1) is 17.3. The highest BCUT2D eigenvalue weighted by molar-refractivity contribution is 5.94. The largest absolute Gasteiger partial charge is 0.497 e. The van der Waals surface area contributed by atoms with E-state index in [1.54, 1.807) is 7.11 Å². The van der Waals surface area contributed by atoms with Crippen LogP contribution in [0.2, 0.25) is 0 Å². The highest BCUT2D eigenvalue weighted by atomic mass is 16.5. The fourth-order valence-electron chi connectivity index (χ4n) is 3.82.